The lowest BCUT2D eigenvalue weighted by atomic mass is 10.3. The Morgan fingerprint density at radius 2 is 1.79 bits per heavy atom. The summed E-state index contributed by atoms with van der Waals surface area (Å²) < 4.78 is 0. The van der Waals surface area contributed by atoms with Crippen molar-refractivity contribution in [2.24, 2.45) is 0 Å². The summed E-state index contributed by atoms with van der Waals surface area (Å²) in [6.07, 6.45) is 0. The number of halogens is 1. The molecule has 2 aromatic heterocycles. The lowest BCUT2D eigenvalue weighted by Crippen LogP contribution is -2.09. The third kappa shape index (κ3) is 4.03. The minimum Gasteiger partial charge on any atom is -0.354 e. The molecule has 2 rings (SSSR count). The fraction of sp³-hybridized carbons (Fsp3) is 0.333. The first kappa shape index (κ1) is 13.5. The maximum atomic E-state index is 5.83. The molecule has 2 heterocycles. The van der Waals surface area contributed by atoms with Gasteiger partial charge in [-0.05, 0) is 37.6 Å². The van der Waals surface area contributed by atoms with Gasteiger partial charge in [-0.3, -0.25) is 4.98 Å². The van der Waals surface area contributed by atoms with Crippen molar-refractivity contribution in [2.45, 2.75) is 20.4 Å². The summed E-state index contributed by atoms with van der Waals surface area (Å²) in [6.45, 7) is 5.17. The molecule has 0 unspecified atom stereocenters. The second-order valence-corrected chi connectivity index (χ2v) is 4.24. The van der Waals surface area contributed by atoms with Crippen LogP contribution < -0.4 is 10.6 Å². The zero-order valence-electron chi connectivity index (χ0n) is 10.8. The third-order valence-electron chi connectivity index (χ3n) is 2.32. The van der Waals surface area contributed by atoms with E-state index in [0.29, 0.717) is 18.4 Å². The molecule has 0 aliphatic heterocycles. The number of nitrogens with one attached hydrogen (secondary N) is 2. The molecule has 100 valence electrons. The zero-order chi connectivity index (χ0) is 13.7. The van der Waals surface area contributed by atoms with Crippen LogP contribution in [0.4, 0.5) is 11.9 Å². The van der Waals surface area contributed by atoms with E-state index in [1.54, 1.807) is 0 Å². The number of rotatable bonds is 5. The first-order chi connectivity index (χ1) is 9.17. The molecule has 2 aromatic rings. The maximum absolute atomic E-state index is 5.83. The quantitative estimate of drug-likeness (QED) is 0.874. The van der Waals surface area contributed by atoms with Gasteiger partial charge in [0.25, 0.3) is 0 Å². The van der Waals surface area contributed by atoms with Crippen molar-refractivity contribution in [2.75, 3.05) is 17.2 Å². The Morgan fingerprint density at radius 1 is 1.05 bits per heavy atom. The standard InChI is InChI=1S/C12H15ClN6/c1-3-14-11-17-10(13)18-12(19-11)15-7-9-6-4-5-8(2)16-9/h4-6H,3,7H2,1-2H3,(H2,14,15,17,18,19). The van der Waals surface area contributed by atoms with Gasteiger partial charge in [-0.1, -0.05) is 6.07 Å². The van der Waals surface area contributed by atoms with Crippen LogP contribution in [0, 0.1) is 6.92 Å². The summed E-state index contributed by atoms with van der Waals surface area (Å²) in [6, 6.07) is 5.85. The molecular weight excluding hydrogens is 264 g/mol. The van der Waals surface area contributed by atoms with E-state index in [4.69, 9.17) is 11.6 Å². The Morgan fingerprint density at radius 3 is 2.47 bits per heavy atom. The summed E-state index contributed by atoms with van der Waals surface area (Å²) >= 11 is 5.83. The van der Waals surface area contributed by atoms with Crippen molar-refractivity contribution in [1.82, 2.24) is 19.9 Å². The monoisotopic (exact) mass is 278 g/mol. The van der Waals surface area contributed by atoms with Gasteiger partial charge in [0.1, 0.15) is 0 Å². The van der Waals surface area contributed by atoms with Gasteiger partial charge >= 0.3 is 0 Å². The molecule has 0 radical (unpaired) electrons. The molecule has 6 nitrogen and oxygen atoms in total. The molecule has 19 heavy (non-hydrogen) atoms. The molecule has 0 aromatic carbocycles. The van der Waals surface area contributed by atoms with E-state index in [-0.39, 0.29) is 5.28 Å². The summed E-state index contributed by atoms with van der Waals surface area (Å²) in [5, 5.41) is 6.23. The average molecular weight is 279 g/mol. The van der Waals surface area contributed by atoms with Gasteiger partial charge in [-0.2, -0.15) is 15.0 Å². The van der Waals surface area contributed by atoms with Crippen molar-refractivity contribution < 1.29 is 0 Å². The van der Waals surface area contributed by atoms with E-state index >= 15 is 0 Å². The van der Waals surface area contributed by atoms with Crippen LogP contribution in [-0.2, 0) is 6.54 Å². The smallest absolute Gasteiger partial charge is 0.229 e. The van der Waals surface area contributed by atoms with Crippen molar-refractivity contribution in [1.29, 1.82) is 0 Å². The SMILES string of the molecule is CCNc1nc(Cl)nc(NCc2cccc(C)n2)n1. The Balaban J connectivity index is 2.06. The van der Waals surface area contributed by atoms with E-state index in [1.807, 2.05) is 32.0 Å². The number of anilines is 2. The minimum absolute atomic E-state index is 0.158. The molecule has 7 heteroatoms. The normalized spacial score (nSPS) is 10.3. The van der Waals surface area contributed by atoms with Gasteiger partial charge in [0.15, 0.2) is 0 Å². The molecule has 0 fully saturated rings. The minimum atomic E-state index is 0.158. The van der Waals surface area contributed by atoms with Gasteiger partial charge in [-0.15, -0.1) is 0 Å². The Kier molecular flexibility index (Phi) is 4.46. The van der Waals surface area contributed by atoms with E-state index in [9.17, 15) is 0 Å². The number of hydrogen-bond donors (Lipinski definition) is 2. The highest BCUT2D eigenvalue weighted by Crippen LogP contribution is 2.10. The van der Waals surface area contributed by atoms with Gasteiger partial charge in [0.2, 0.25) is 17.2 Å². The lowest BCUT2D eigenvalue weighted by Gasteiger charge is -2.07. The highest BCUT2D eigenvalue weighted by molar-refractivity contribution is 6.28. The van der Waals surface area contributed by atoms with Crippen molar-refractivity contribution in [3.05, 3.63) is 34.9 Å². The number of pyridine rings is 1. The Bertz CT molecular complexity index is 560. The second kappa shape index (κ2) is 6.29. The third-order valence-corrected chi connectivity index (χ3v) is 2.49. The number of aromatic nitrogens is 4. The van der Waals surface area contributed by atoms with Gasteiger partial charge in [0, 0.05) is 12.2 Å². The molecule has 0 saturated carbocycles. The van der Waals surface area contributed by atoms with Crippen LogP contribution >= 0.6 is 11.6 Å². The van der Waals surface area contributed by atoms with Gasteiger partial charge in [-0.25, -0.2) is 0 Å². The van der Waals surface area contributed by atoms with Crippen molar-refractivity contribution >= 4 is 23.5 Å². The molecule has 0 aliphatic carbocycles. The first-order valence-corrected chi connectivity index (χ1v) is 6.37. The molecule has 2 N–H and O–H groups in total. The molecule has 0 aliphatic rings. The highest BCUT2D eigenvalue weighted by atomic mass is 35.5. The highest BCUT2D eigenvalue weighted by Gasteiger charge is 2.04. The Hall–Kier alpha value is -1.95. The number of aryl methyl sites for hydroxylation is 1. The zero-order valence-corrected chi connectivity index (χ0v) is 11.6. The maximum Gasteiger partial charge on any atom is 0.229 e. The largest absolute Gasteiger partial charge is 0.354 e. The molecule has 0 spiro atoms. The first-order valence-electron chi connectivity index (χ1n) is 5.99. The summed E-state index contributed by atoms with van der Waals surface area (Å²) in [7, 11) is 0. The van der Waals surface area contributed by atoms with E-state index < -0.39 is 0 Å². The number of hydrogen-bond acceptors (Lipinski definition) is 6. The van der Waals surface area contributed by atoms with E-state index in [1.165, 1.54) is 0 Å². The molecular formula is C12H15ClN6. The van der Waals surface area contributed by atoms with Crippen LogP contribution in [0.2, 0.25) is 5.28 Å². The van der Waals surface area contributed by atoms with E-state index in [0.717, 1.165) is 17.9 Å². The Labute approximate surface area is 116 Å². The van der Waals surface area contributed by atoms with Crippen LogP contribution in [0.25, 0.3) is 0 Å². The molecule has 0 bridgehead atoms. The van der Waals surface area contributed by atoms with Gasteiger partial charge < -0.3 is 10.6 Å². The number of nitrogens with zero attached hydrogens (tertiary/aromatic N) is 4. The van der Waals surface area contributed by atoms with Crippen LogP contribution in [0.3, 0.4) is 0 Å². The summed E-state index contributed by atoms with van der Waals surface area (Å²) in [5.41, 5.74) is 1.89. The average Bonchev–Trinajstić information content (AvgIpc) is 2.36. The van der Waals surface area contributed by atoms with Crippen LogP contribution in [0.15, 0.2) is 18.2 Å². The second-order valence-electron chi connectivity index (χ2n) is 3.91. The van der Waals surface area contributed by atoms with Crippen molar-refractivity contribution in [3.63, 3.8) is 0 Å². The lowest BCUT2D eigenvalue weighted by molar-refractivity contribution is 0.957. The molecule has 0 atom stereocenters. The van der Waals surface area contributed by atoms with Gasteiger partial charge in [0.05, 0.1) is 12.2 Å². The fourth-order valence-electron chi connectivity index (χ4n) is 1.53. The predicted octanol–water partition coefficient (Wildman–Crippen LogP) is 2.27. The van der Waals surface area contributed by atoms with Crippen LogP contribution in [0.5, 0.6) is 0 Å². The summed E-state index contributed by atoms with van der Waals surface area (Å²) in [5.74, 6) is 0.890. The van der Waals surface area contributed by atoms with Crippen LogP contribution in [0.1, 0.15) is 18.3 Å². The predicted molar refractivity (Wildman–Crippen MR) is 75.3 cm³/mol. The van der Waals surface area contributed by atoms with E-state index in [2.05, 4.69) is 30.6 Å². The molecule has 0 amide bonds. The summed E-state index contributed by atoms with van der Waals surface area (Å²) in [4.78, 5) is 16.6. The molecule has 0 saturated heterocycles. The topological polar surface area (TPSA) is 75.6 Å². The fourth-order valence-corrected chi connectivity index (χ4v) is 1.69. The van der Waals surface area contributed by atoms with Crippen LogP contribution in [-0.4, -0.2) is 26.5 Å². The van der Waals surface area contributed by atoms with Crippen molar-refractivity contribution in [3.8, 4) is 0 Å².